The number of alkyl halides is 2. The summed E-state index contributed by atoms with van der Waals surface area (Å²) in [5, 5.41) is 0. The summed E-state index contributed by atoms with van der Waals surface area (Å²) < 4.78 is 24.3. The van der Waals surface area contributed by atoms with E-state index in [1.165, 1.54) is 4.90 Å². The molecule has 1 saturated heterocycles. The van der Waals surface area contributed by atoms with E-state index in [9.17, 15) is 13.6 Å². The summed E-state index contributed by atoms with van der Waals surface area (Å²) in [6.07, 6.45) is -2.87. The SMILES string of the molecule is CC(C)(C)N1CCN(C(=O)C(F)F)CC1. The predicted octanol–water partition coefficient (Wildman–Crippen LogP) is 1.19. The molecule has 1 rings (SSSR count). The number of carbonyl (C=O) groups excluding carboxylic acids is 1. The molecule has 0 N–H and O–H groups in total. The molecule has 0 aromatic carbocycles. The van der Waals surface area contributed by atoms with Crippen molar-refractivity contribution in [3.05, 3.63) is 0 Å². The molecule has 1 aliphatic heterocycles. The van der Waals surface area contributed by atoms with Gasteiger partial charge in [-0.15, -0.1) is 0 Å². The van der Waals surface area contributed by atoms with Crippen molar-refractivity contribution in [1.29, 1.82) is 0 Å². The van der Waals surface area contributed by atoms with E-state index >= 15 is 0 Å². The lowest BCUT2D eigenvalue weighted by atomic mass is 10.1. The second-order valence-electron chi connectivity index (χ2n) is 4.78. The molecule has 1 amide bonds. The van der Waals surface area contributed by atoms with Crippen molar-refractivity contribution in [3.63, 3.8) is 0 Å². The highest BCUT2D eigenvalue weighted by Crippen LogP contribution is 2.16. The van der Waals surface area contributed by atoms with E-state index in [4.69, 9.17) is 0 Å². The quantitative estimate of drug-likeness (QED) is 0.663. The fourth-order valence-electron chi connectivity index (χ4n) is 1.74. The van der Waals surface area contributed by atoms with Crippen LogP contribution in [0.1, 0.15) is 20.8 Å². The fraction of sp³-hybridized carbons (Fsp3) is 0.900. The number of nitrogens with zero attached hydrogens (tertiary/aromatic N) is 2. The smallest absolute Gasteiger partial charge is 0.315 e. The highest BCUT2D eigenvalue weighted by atomic mass is 19.3. The Labute approximate surface area is 89.0 Å². The predicted molar refractivity (Wildman–Crippen MR) is 53.9 cm³/mol. The number of hydrogen-bond acceptors (Lipinski definition) is 2. The Hall–Kier alpha value is -0.710. The first-order chi connectivity index (χ1) is 6.82. The van der Waals surface area contributed by atoms with E-state index in [0.29, 0.717) is 26.2 Å². The molecule has 0 aliphatic carbocycles. The molecule has 1 heterocycles. The van der Waals surface area contributed by atoms with E-state index in [-0.39, 0.29) is 5.54 Å². The second kappa shape index (κ2) is 4.43. The lowest BCUT2D eigenvalue weighted by Gasteiger charge is -2.42. The number of piperazine rings is 1. The van der Waals surface area contributed by atoms with Crippen LogP contribution in [0.2, 0.25) is 0 Å². The average molecular weight is 220 g/mol. The Morgan fingerprint density at radius 3 is 1.93 bits per heavy atom. The Morgan fingerprint density at radius 2 is 1.60 bits per heavy atom. The molecule has 88 valence electrons. The molecular weight excluding hydrogens is 202 g/mol. The fourth-order valence-corrected chi connectivity index (χ4v) is 1.74. The van der Waals surface area contributed by atoms with Crippen LogP contribution >= 0.6 is 0 Å². The molecule has 0 radical (unpaired) electrons. The van der Waals surface area contributed by atoms with Gasteiger partial charge in [-0.3, -0.25) is 9.69 Å². The summed E-state index contributed by atoms with van der Waals surface area (Å²) >= 11 is 0. The van der Waals surface area contributed by atoms with Gasteiger partial charge in [-0.2, -0.15) is 8.78 Å². The minimum Gasteiger partial charge on any atom is -0.335 e. The number of amides is 1. The maximum absolute atomic E-state index is 12.1. The third-order valence-corrected chi connectivity index (χ3v) is 2.73. The van der Waals surface area contributed by atoms with Gasteiger partial charge in [0.15, 0.2) is 0 Å². The minimum absolute atomic E-state index is 0.0416. The largest absolute Gasteiger partial charge is 0.335 e. The molecule has 0 atom stereocenters. The molecule has 0 unspecified atom stereocenters. The van der Waals surface area contributed by atoms with Gasteiger partial charge in [-0.05, 0) is 20.8 Å². The van der Waals surface area contributed by atoms with Crippen molar-refractivity contribution in [2.24, 2.45) is 0 Å². The van der Waals surface area contributed by atoms with Gasteiger partial charge in [0.25, 0.3) is 5.91 Å². The van der Waals surface area contributed by atoms with Gasteiger partial charge in [0.05, 0.1) is 0 Å². The Balaban J connectivity index is 2.46. The van der Waals surface area contributed by atoms with Gasteiger partial charge >= 0.3 is 6.43 Å². The Kier molecular flexibility index (Phi) is 3.65. The van der Waals surface area contributed by atoms with Gasteiger partial charge in [0.1, 0.15) is 0 Å². The third-order valence-electron chi connectivity index (χ3n) is 2.73. The van der Waals surface area contributed by atoms with Crippen LogP contribution < -0.4 is 0 Å². The highest BCUT2D eigenvalue weighted by Gasteiger charge is 2.30. The average Bonchev–Trinajstić information content (AvgIpc) is 2.15. The van der Waals surface area contributed by atoms with Crippen LogP contribution in [0, 0.1) is 0 Å². The molecule has 0 aromatic rings. The minimum atomic E-state index is -2.87. The molecular formula is C10H18F2N2O. The molecule has 1 aliphatic rings. The van der Waals surface area contributed by atoms with Crippen molar-refractivity contribution in [3.8, 4) is 0 Å². The summed E-state index contributed by atoms with van der Waals surface area (Å²) in [7, 11) is 0. The van der Waals surface area contributed by atoms with Gasteiger partial charge in [0, 0.05) is 31.7 Å². The molecule has 0 spiro atoms. The van der Waals surface area contributed by atoms with Crippen molar-refractivity contribution in [2.75, 3.05) is 26.2 Å². The third kappa shape index (κ3) is 3.12. The lowest BCUT2D eigenvalue weighted by Crippen LogP contribution is -2.55. The van der Waals surface area contributed by atoms with Crippen LogP contribution in [0.4, 0.5) is 8.78 Å². The van der Waals surface area contributed by atoms with Crippen LogP contribution in [0.5, 0.6) is 0 Å². The molecule has 0 bridgehead atoms. The molecule has 0 saturated carbocycles. The van der Waals surface area contributed by atoms with Gasteiger partial charge < -0.3 is 4.90 Å². The lowest BCUT2D eigenvalue weighted by molar-refractivity contribution is -0.145. The van der Waals surface area contributed by atoms with Gasteiger partial charge in [-0.25, -0.2) is 0 Å². The number of hydrogen-bond donors (Lipinski definition) is 0. The maximum Gasteiger partial charge on any atom is 0.315 e. The summed E-state index contributed by atoms with van der Waals surface area (Å²) in [6, 6.07) is 0. The number of halogens is 2. The standard InChI is InChI=1S/C10H18F2N2O/c1-10(2,3)14-6-4-13(5-7-14)9(15)8(11)12/h8H,4-7H2,1-3H3. The first kappa shape index (κ1) is 12.4. The van der Waals surface area contributed by atoms with Crippen LogP contribution in [-0.2, 0) is 4.79 Å². The maximum atomic E-state index is 12.1. The second-order valence-corrected chi connectivity index (χ2v) is 4.78. The Morgan fingerprint density at radius 1 is 1.13 bits per heavy atom. The van der Waals surface area contributed by atoms with Crippen LogP contribution in [0.3, 0.4) is 0 Å². The number of carbonyl (C=O) groups is 1. The van der Waals surface area contributed by atoms with E-state index in [2.05, 4.69) is 25.7 Å². The molecule has 3 nitrogen and oxygen atoms in total. The molecule has 1 fully saturated rings. The Bertz CT molecular complexity index is 230. The van der Waals surface area contributed by atoms with Crippen molar-refractivity contribution in [1.82, 2.24) is 9.80 Å². The van der Waals surface area contributed by atoms with E-state index in [0.717, 1.165) is 0 Å². The summed E-state index contributed by atoms with van der Waals surface area (Å²) in [5.74, 6) is -1.04. The van der Waals surface area contributed by atoms with Crippen LogP contribution in [0.25, 0.3) is 0 Å². The summed E-state index contributed by atoms with van der Waals surface area (Å²) in [5.41, 5.74) is 0.0416. The van der Waals surface area contributed by atoms with Crippen molar-refractivity contribution >= 4 is 5.91 Å². The molecule has 5 heteroatoms. The molecule has 0 aromatic heterocycles. The van der Waals surface area contributed by atoms with E-state index in [1.807, 2.05) is 0 Å². The monoisotopic (exact) mass is 220 g/mol. The van der Waals surface area contributed by atoms with Crippen LogP contribution in [0.15, 0.2) is 0 Å². The van der Waals surface area contributed by atoms with Gasteiger partial charge in [0.2, 0.25) is 0 Å². The van der Waals surface area contributed by atoms with E-state index in [1.54, 1.807) is 0 Å². The zero-order chi connectivity index (χ0) is 11.6. The van der Waals surface area contributed by atoms with E-state index < -0.39 is 12.3 Å². The summed E-state index contributed by atoms with van der Waals surface area (Å²) in [4.78, 5) is 14.5. The van der Waals surface area contributed by atoms with Crippen molar-refractivity contribution < 1.29 is 13.6 Å². The zero-order valence-corrected chi connectivity index (χ0v) is 9.46. The molecule has 15 heavy (non-hydrogen) atoms. The number of rotatable bonds is 1. The normalized spacial score (nSPS) is 19.7. The first-order valence-corrected chi connectivity index (χ1v) is 5.14. The topological polar surface area (TPSA) is 23.6 Å². The van der Waals surface area contributed by atoms with Crippen LogP contribution in [-0.4, -0.2) is 53.9 Å². The highest BCUT2D eigenvalue weighted by molar-refractivity contribution is 5.79. The van der Waals surface area contributed by atoms with Gasteiger partial charge in [-0.1, -0.05) is 0 Å². The zero-order valence-electron chi connectivity index (χ0n) is 9.46. The summed E-state index contributed by atoms with van der Waals surface area (Å²) in [6.45, 7) is 8.39. The van der Waals surface area contributed by atoms with Crippen molar-refractivity contribution in [2.45, 2.75) is 32.7 Å². The first-order valence-electron chi connectivity index (χ1n) is 5.14.